The molecule has 1 N–H and O–H groups in total. The number of aryl methyl sites for hydroxylation is 1. The summed E-state index contributed by atoms with van der Waals surface area (Å²) in [6, 6.07) is 6.57. The molecule has 24 heavy (non-hydrogen) atoms. The highest BCUT2D eigenvalue weighted by Gasteiger charge is 2.29. The maximum Gasteiger partial charge on any atom is 0.254 e. The van der Waals surface area contributed by atoms with Crippen molar-refractivity contribution in [3.05, 3.63) is 45.9 Å². The van der Waals surface area contributed by atoms with Gasteiger partial charge in [-0.25, -0.2) is 4.98 Å². The van der Waals surface area contributed by atoms with E-state index >= 15 is 0 Å². The number of rotatable bonds is 4. The van der Waals surface area contributed by atoms with Gasteiger partial charge in [-0.05, 0) is 32.0 Å². The van der Waals surface area contributed by atoms with Crippen LogP contribution < -0.4 is 10.1 Å². The number of nitrogens with one attached hydrogen (secondary N) is 1. The Balaban J connectivity index is 1.70. The molecule has 126 valence electrons. The van der Waals surface area contributed by atoms with Crippen LogP contribution in [0.15, 0.2) is 29.6 Å². The molecule has 1 aliphatic heterocycles. The van der Waals surface area contributed by atoms with Crippen molar-refractivity contribution in [3.63, 3.8) is 0 Å². The Hall–Kier alpha value is -2.41. The maximum atomic E-state index is 12.7. The number of hydrogen-bond donors (Lipinski definition) is 1. The molecule has 1 unspecified atom stereocenters. The van der Waals surface area contributed by atoms with Crippen molar-refractivity contribution in [3.8, 4) is 5.75 Å². The lowest BCUT2D eigenvalue weighted by Gasteiger charge is -2.32. The predicted molar refractivity (Wildman–Crippen MR) is 91.1 cm³/mol. The number of nitrogens with zero attached hydrogens (tertiary/aromatic N) is 2. The van der Waals surface area contributed by atoms with E-state index in [1.54, 1.807) is 41.4 Å². The summed E-state index contributed by atoms with van der Waals surface area (Å²) in [7, 11) is 0. The molecular formula is C17H19N3O3S. The molecule has 3 rings (SSSR count). The van der Waals surface area contributed by atoms with Crippen LogP contribution in [-0.4, -0.2) is 40.8 Å². The number of amides is 2. The van der Waals surface area contributed by atoms with E-state index < -0.39 is 6.04 Å². The molecule has 0 aliphatic carbocycles. The molecule has 6 nitrogen and oxygen atoms in total. The number of thiazole rings is 1. The van der Waals surface area contributed by atoms with Crippen LogP contribution in [0.2, 0.25) is 0 Å². The van der Waals surface area contributed by atoms with Crippen LogP contribution in [0, 0.1) is 6.92 Å². The first-order valence-electron chi connectivity index (χ1n) is 7.77. The third kappa shape index (κ3) is 3.56. The number of ether oxygens (including phenoxy) is 1. The lowest BCUT2D eigenvalue weighted by atomic mass is 10.1. The van der Waals surface area contributed by atoms with Crippen molar-refractivity contribution < 1.29 is 14.3 Å². The first kappa shape index (κ1) is 16.4. The number of benzene rings is 1. The summed E-state index contributed by atoms with van der Waals surface area (Å²) in [6.45, 7) is 5.04. The summed E-state index contributed by atoms with van der Waals surface area (Å²) < 4.78 is 5.73. The van der Waals surface area contributed by atoms with E-state index in [9.17, 15) is 9.59 Å². The molecule has 1 saturated heterocycles. The third-order valence-electron chi connectivity index (χ3n) is 3.89. The minimum atomic E-state index is -0.464. The molecule has 1 aliphatic rings. The van der Waals surface area contributed by atoms with E-state index in [2.05, 4.69) is 10.3 Å². The number of piperazine rings is 1. The molecule has 1 fully saturated rings. The molecule has 0 saturated carbocycles. The first-order valence-corrected chi connectivity index (χ1v) is 8.65. The molecule has 1 aromatic heterocycles. The standard InChI is InChI=1S/C17H19N3O3S/c1-11-16(21)18-6-7-20(11)17(22)13-4-3-5-15(8-13)23-9-14-10-24-12(2)19-14/h3-5,8,10-11H,6-7,9H2,1-2H3,(H,18,21). The van der Waals surface area contributed by atoms with Crippen LogP contribution in [0.5, 0.6) is 5.75 Å². The van der Waals surface area contributed by atoms with Gasteiger partial charge in [0.25, 0.3) is 5.91 Å². The van der Waals surface area contributed by atoms with Gasteiger partial charge < -0.3 is 15.0 Å². The Labute approximate surface area is 144 Å². The van der Waals surface area contributed by atoms with Gasteiger partial charge in [0.05, 0.1) is 10.7 Å². The van der Waals surface area contributed by atoms with Gasteiger partial charge in [0.15, 0.2) is 0 Å². The van der Waals surface area contributed by atoms with Gasteiger partial charge in [0.2, 0.25) is 5.91 Å². The summed E-state index contributed by atoms with van der Waals surface area (Å²) in [4.78, 5) is 30.3. The van der Waals surface area contributed by atoms with Crippen LogP contribution in [0.3, 0.4) is 0 Å². The summed E-state index contributed by atoms with van der Waals surface area (Å²) in [5.41, 5.74) is 1.39. The predicted octanol–water partition coefficient (Wildman–Crippen LogP) is 1.99. The zero-order valence-corrected chi connectivity index (χ0v) is 14.4. The highest BCUT2D eigenvalue weighted by molar-refractivity contribution is 7.09. The molecule has 0 bridgehead atoms. The molecule has 1 atom stereocenters. The van der Waals surface area contributed by atoms with Crippen molar-refractivity contribution in [2.75, 3.05) is 13.1 Å². The zero-order chi connectivity index (χ0) is 17.1. The van der Waals surface area contributed by atoms with E-state index in [-0.39, 0.29) is 11.8 Å². The Kier molecular flexibility index (Phi) is 4.80. The Bertz CT molecular complexity index is 759. The molecule has 2 heterocycles. The minimum absolute atomic E-state index is 0.124. The lowest BCUT2D eigenvalue weighted by molar-refractivity contribution is -0.127. The molecule has 0 spiro atoms. The topological polar surface area (TPSA) is 71.5 Å². The third-order valence-corrected chi connectivity index (χ3v) is 4.72. The van der Waals surface area contributed by atoms with E-state index in [4.69, 9.17) is 4.74 Å². The Morgan fingerprint density at radius 2 is 2.33 bits per heavy atom. The van der Waals surface area contributed by atoms with Crippen LogP contribution in [0.4, 0.5) is 0 Å². The second kappa shape index (κ2) is 7.00. The van der Waals surface area contributed by atoms with Crippen LogP contribution in [-0.2, 0) is 11.4 Å². The molecular weight excluding hydrogens is 326 g/mol. The highest BCUT2D eigenvalue weighted by atomic mass is 32.1. The Morgan fingerprint density at radius 3 is 3.08 bits per heavy atom. The second-order valence-electron chi connectivity index (χ2n) is 5.64. The van der Waals surface area contributed by atoms with E-state index in [0.717, 1.165) is 10.7 Å². The van der Waals surface area contributed by atoms with Crippen molar-refractivity contribution in [2.24, 2.45) is 0 Å². The fourth-order valence-electron chi connectivity index (χ4n) is 2.58. The zero-order valence-electron chi connectivity index (χ0n) is 13.6. The fraction of sp³-hybridized carbons (Fsp3) is 0.353. The summed E-state index contributed by atoms with van der Waals surface area (Å²) in [6.07, 6.45) is 0. The smallest absolute Gasteiger partial charge is 0.254 e. The molecule has 2 aromatic rings. The van der Waals surface area contributed by atoms with E-state index in [1.165, 1.54) is 0 Å². The second-order valence-corrected chi connectivity index (χ2v) is 6.70. The molecule has 7 heteroatoms. The lowest BCUT2D eigenvalue weighted by Crippen LogP contribution is -2.55. The van der Waals surface area contributed by atoms with Gasteiger partial charge in [-0.3, -0.25) is 9.59 Å². The van der Waals surface area contributed by atoms with Gasteiger partial charge in [-0.2, -0.15) is 0 Å². The SMILES string of the molecule is Cc1nc(COc2cccc(C(=O)N3CCNC(=O)C3C)c2)cs1. The van der Waals surface area contributed by atoms with Crippen molar-refractivity contribution >= 4 is 23.2 Å². The summed E-state index contributed by atoms with van der Waals surface area (Å²) >= 11 is 1.58. The summed E-state index contributed by atoms with van der Waals surface area (Å²) in [5, 5.41) is 5.71. The maximum absolute atomic E-state index is 12.7. The number of carbonyl (C=O) groups excluding carboxylic acids is 2. The average Bonchev–Trinajstić information content (AvgIpc) is 3.01. The number of hydrogen-bond acceptors (Lipinski definition) is 5. The van der Waals surface area contributed by atoms with Crippen LogP contribution >= 0.6 is 11.3 Å². The van der Waals surface area contributed by atoms with Crippen molar-refractivity contribution in [2.45, 2.75) is 26.5 Å². The van der Waals surface area contributed by atoms with Gasteiger partial charge >= 0.3 is 0 Å². The van der Waals surface area contributed by atoms with Crippen LogP contribution in [0.25, 0.3) is 0 Å². The average molecular weight is 345 g/mol. The van der Waals surface area contributed by atoms with Crippen molar-refractivity contribution in [1.29, 1.82) is 0 Å². The van der Waals surface area contributed by atoms with Gasteiger partial charge in [-0.15, -0.1) is 11.3 Å². The van der Waals surface area contributed by atoms with Crippen LogP contribution in [0.1, 0.15) is 28.0 Å². The van der Waals surface area contributed by atoms with Gasteiger partial charge in [0, 0.05) is 24.0 Å². The number of carbonyl (C=O) groups is 2. The molecule has 0 radical (unpaired) electrons. The minimum Gasteiger partial charge on any atom is -0.487 e. The van der Waals surface area contributed by atoms with E-state index in [1.807, 2.05) is 18.4 Å². The molecule has 2 amide bonds. The fourth-order valence-corrected chi connectivity index (χ4v) is 3.17. The monoisotopic (exact) mass is 345 g/mol. The molecule has 1 aromatic carbocycles. The Morgan fingerprint density at radius 1 is 1.50 bits per heavy atom. The largest absolute Gasteiger partial charge is 0.487 e. The highest BCUT2D eigenvalue weighted by Crippen LogP contribution is 2.19. The first-order chi connectivity index (χ1) is 11.5. The van der Waals surface area contributed by atoms with Gasteiger partial charge in [-0.1, -0.05) is 6.07 Å². The number of aromatic nitrogens is 1. The quantitative estimate of drug-likeness (QED) is 0.920. The van der Waals surface area contributed by atoms with E-state index in [0.29, 0.717) is 31.0 Å². The van der Waals surface area contributed by atoms with Gasteiger partial charge in [0.1, 0.15) is 18.4 Å². The normalized spacial score (nSPS) is 17.5. The van der Waals surface area contributed by atoms with Crippen molar-refractivity contribution in [1.82, 2.24) is 15.2 Å². The summed E-state index contributed by atoms with van der Waals surface area (Å²) in [5.74, 6) is 0.328.